The molecule has 1 saturated heterocycles. The molecule has 0 aliphatic carbocycles. The lowest BCUT2D eigenvalue weighted by Gasteiger charge is -2.29. The largest absolute Gasteiger partial charge is 0.351 e. The molecule has 1 aromatic carbocycles. The maximum absolute atomic E-state index is 12.9. The van der Waals surface area contributed by atoms with Crippen LogP contribution in [0.2, 0.25) is 0 Å². The van der Waals surface area contributed by atoms with Crippen LogP contribution in [0.1, 0.15) is 51.5 Å². The van der Waals surface area contributed by atoms with Gasteiger partial charge < -0.3 is 10.6 Å². The van der Waals surface area contributed by atoms with Gasteiger partial charge in [-0.15, -0.1) is 12.4 Å². The van der Waals surface area contributed by atoms with Crippen molar-refractivity contribution in [2.75, 3.05) is 6.54 Å². The summed E-state index contributed by atoms with van der Waals surface area (Å²) < 4.78 is 27.1. The maximum Gasteiger partial charge on any atom is 0.263 e. The SMILES string of the molecule is CCCCC(N=C1NS(=O)(=O)c2ccccc21)C(=O)NC1CCNC(C)C1.Cl. The lowest BCUT2D eigenvalue weighted by molar-refractivity contribution is -0.123. The number of nitrogens with zero attached hydrogens (tertiary/aromatic N) is 1. The smallest absolute Gasteiger partial charge is 0.263 e. The number of benzene rings is 1. The van der Waals surface area contributed by atoms with E-state index in [0.717, 1.165) is 32.2 Å². The van der Waals surface area contributed by atoms with Crippen molar-refractivity contribution >= 4 is 34.2 Å². The van der Waals surface area contributed by atoms with Crippen LogP contribution in [-0.4, -0.2) is 44.8 Å². The quantitative estimate of drug-likeness (QED) is 0.644. The van der Waals surface area contributed by atoms with Crippen LogP contribution in [-0.2, 0) is 14.8 Å². The molecule has 2 aliphatic rings. The summed E-state index contributed by atoms with van der Waals surface area (Å²) >= 11 is 0. The van der Waals surface area contributed by atoms with Gasteiger partial charge >= 0.3 is 0 Å². The number of sulfonamides is 1. The zero-order valence-electron chi connectivity index (χ0n) is 16.3. The topological polar surface area (TPSA) is 99.7 Å². The first-order valence-electron chi connectivity index (χ1n) is 9.64. The summed E-state index contributed by atoms with van der Waals surface area (Å²) in [7, 11) is -3.60. The Morgan fingerprint density at radius 3 is 2.82 bits per heavy atom. The molecule has 0 radical (unpaired) electrons. The molecule has 3 rings (SSSR count). The highest BCUT2D eigenvalue weighted by Gasteiger charge is 2.32. The predicted molar refractivity (Wildman–Crippen MR) is 112 cm³/mol. The molecule has 0 spiro atoms. The average Bonchev–Trinajstić information content (AvgIpc) is 2.89. The molecule has 7 nitrogen and oxygen atoms in total. The van der Waals surface area contributed by atoms with Crippen molar-refractivity contribution in [2.45, 2.75) is 69.0 Å². The van der Waals surface area contributed by atoms with E-state index in [4.69, 9.17) is 0 Å². The fourth-order valence-corrected chi connectivity index (χ4v) is 4.84. The van der Waals surface area contributed by atoms with E-state index < -0.39 is 16.1 Å². The molecule has 9 heteroatoms. The Morgan fingerprint density at radius 1 is 1.36 bits per heavy atom. The summed E-state index contributed by atoms with van der Waals surface area (Å²) in [6.07, 6.45) is 4.17. The van der Waals surface area contributed by atoms with E-state index in [0.29, 0.717) is 18.0 Å². The molecule has 2 aliphatic heterocycles. The number of unbranched alkanes of at least 4 members (excludes halogenated alkanes) is 1. The number of aliphatic imine (C=N–C) groups is 1. The number of hydrogen-bond acceptors (Lipinski definition) is 5. The van der Waals surface area contributed by atoms with Gasteiger partial charge in [-0.1, -0.05) is 31.9 Å². The van der Waals surface area contributed by atoms with Gasteiger partial charge in [-0.2, -0.15) is 0 Å². The lowest BCUT2D eigenvalue weighted by Crippen LogP contribution is -2.49. The normalized spacial score (nSPS) is 25.3. The number of hydrogen-bond donors (Lipinski definition) is 3. The monoisotopic (exact) mass is 428 g/mol. The van der Waals surface area contributed by atoms with E-state index in [1.54, 1.807) is 24.3 Å². The molecule has 1 amide bonds. The second kappa shape index (κ2) is 9.71. The van der Waals surface area contributed by atoms with Crippen LogP contribution in [0.15, 0.2) is 34.2 Å². The van der Waals surface area contributed by atoms with Crippen LogP contribution in [0, 0.1) is 0 Å². The van der Waals surface area contributed by atoms with Crippen molar-refractivity contribution in [3.05, 3.63) is 29.8 Å². The third-order valence-corrected chi connectivity index (χ3v) is 6.45. The van der Waals surface area contributed by atoms with E-state index in [2.05, 4.69) is 34.2 Å². The first-order chi connectivity index (χ1) is 12.9. The summed E-state index contributed by atoms with van der Waals surface area (Å²) in [4.78, 5) is 17.6. The highest BCUT2D eigenvalue weighted by molar-refractivity contribution is 7.90. The number of amides is 1. The summed E-state index contributed by atoms with van der Waals surface area (Å²) in [6.45, 7) is 5.05. The second-order valence-corrected chi connectivity index (χ2v) is 8.97. The van der Waals surface area contributed by atoms with Gasteiger partial charge in [0, 0.05) is 17.6 Å². The minimum Gasteiger partial charge on any atom is -0.351 e. The highest BCUT2D eigenvalue weighted by atomic mass is 35.5. The van der Waals surface area contributed by atoms with Crippen LogP contribution >= 0.6 is 12.4 Å². The van der Waals surface area contributed by atoms with Gasteiger partial charge in [-0.05, 0) is 44.9 Å². The molecule has 0 aromatic heterocycles. The first-order valence-corrected chi connectivity index (χ1v) is 11.1. The van der Waals surface area contributed by atoms with Gasteiger partial charge in [0.25, 0.3) is 10.0 Å². The Morgan fingerprint density at radius 2 is 2.11 bits per heavy atom. The fourth-order valence-electron chi connectivity index (χ4n) is 3.60. The molecule has 0 bridgehead atoms. The average molecular weight is 429 g/mol. The summed E-state index contributed by atoms with van der Waals surface area (Å²) in [5.41, 5.74) is 0.530. The molecule has 0 saturated carbocycles. The molecular weight excluding hydrogens is 400 g/mol. The molecular formula is C19H29ClN4O3S. The molecule has 3 N–H and O–H groups in total. The third kappa shape index (κ3) is 5.24. The minimum absolute atomic E-state index is 0. The molecule has 156 valence electrons. The van der Waals surface area contributed by atoms with Crippen LogP contribution in [0.3, 0.4) is 0 Å². The maximum atomic E-state index is 12.9. The third-order valence-electron chi connectivity index (χ3n) is 5.05. The molecule has 3 unspecified atom stereocenters. The number of halogens is 1. The van der Waals surface area contributed by atoms with Crippen LogP contribution in [0.25, 0.3) is 0 Å². The van der Waals surface area contributed by atoms with Crippen molar-refractivity contribution in [1.29, 1.82) is 0 Å². The number of rotatable bonds is 6. The Balaban J connectivity index is 0.00000280. The summed E-state index contributed by atoms with van der Waals surface area (Å²) in [6, 6.07) is 6.63. The van der Waals surface area contributed by atoms with Crippen LogP contribution < -0.4 is 15.4 Å². The van der Waals surface area contributed by atoms with Gasteiger partial charge in [0.2, 0.25) is 5.91 Å². The molecule has 28 heavy (non-hydrogen) atoms. The molecule has 1 aromatic rings. The lowest BCUT2D eigenvalue weighted by atomic mass is 10.00. The molecule has 1 fully saturated rings. The van der Waals surface area contributed by atoms with Crippen molar-refractivity contribution in [3.8, 4) is 0 Å². The van der Waals surface area contributed by atoms with E-state index in [9.17, 15) is 13.2 Å². The Labute approximate surface area is 173 Å². The second-order valence-electron chi connectivity index (χ2n) is 7.32. The molecule has 3 atom stereocenters. The van der Waals surface area contributed by atoms with Gasteiger partial charge in [0.15, 0.2) is 0 Å². The van der Waals surface area contributed by atoms with Gasteiger partial charge in [0.1, 0.15) is 11.9 Å². The van der Waals surface area contributed by atoms with E-state index in [1.807, 2.05) is 0 Å². The Hall–Kier alpha value is -1.64. The van der Waals surface area contributed by atoms with E-state index in [-0.39, 0.29) is 35.1 Å². The minimum atomic E-state index is -3.60. The fraction of sp³-hybridized carbons (Fsp3) is 0.579. The number of amidine groups is 1. The van der Waals surface area contributed by atoms with Gasteiger partial charge in [-0.3, -0.25) is 14.5 Å². The zero-order valence-corrected chi connectivity index (χ0v) is 17.9. The van der Waals surface area contributed by atoms with Gasteiger partial charge in [-0.25, -0.2) is 8.42 Å². The van der Waals surface area contributed by atoms with E-state index in [1.165, 1.54) is 0 Å². The van der Waals surface area contributed by atoms with E-state index >= 15 is 0 Å². The number of fused-ring (bicyclic) bond motifs is 1. The Bertz CT molecular complexity index is 828. The predicted octanol–water partition coefficient (Wildman–Crippen LogP) is 1.96. The van der Waals surface area contributed by atoms with Crippen molar-refractivity contribution in [2.24, 2.45) is 4.99 Å². The number of piperidine rings is 1. The molecule has 2 heterocycles. The van der Waals surface area contributed by atoms with Crippen molar-refractivity contribution in [1.82, 2.24) is 15.4 Å². The number of carbonyl (C=O) groups excluding carboxylic acids is 1. The highest BCUT2D eigenvalue weighted by Crippen LogP contribution is 2.23. The number of carbonyl (C=O) groups is 1. The van der Waals surface area contributed by atoms with Crippen LogP contribution in [0.5, 0.6) is 0 Å². The standard InChI is InChI=1S/C19H28N4O3S.ClH/c1-3-4-8-16(19(24)21-14-10-11-20-13(2)12-14)22-18-15-7-5-6-9-17(15)27(25,26)23-18;/h5-7,9,13-14,16,20H,3-4,8,10-12H2,1-2H3,(H,21,24)(H,22,23);1H. The van der Waals surface area contributed by atoms with Crippen molar-refractivity contribution in [3.63, 3.8) is 0 Å². The Kier molecular flexibility index (Phi) is 7.86. The summed E-state index contributed by atoms with van der Waals surface area (Å²) in [5.74, 6) is 0.138. The number of nitrogens with one attached hydrogen (secondary N) is 3. The van der Waals surface area contributed by atoms with Gasteiger partial charge in [0.05, 0.1) is 4.90 Å². The van der Waals surface area contributed by atoms with Crippen molar-refractivity contribution < 1.29 is 13.2 Å². The zero-order chi connectivity index (χ0) is 19.4. The van der Waals surface area contributed by atoms with Crippen LogP contribution in [0.4, 0.5) is 0 Å². The first kappa shape index (κ1) is 22.6. The summed E-state index contributed by atoms with van der Waals surface area (Å²) in [5, 5.41) is 6.49.